The standard InChI is InChI=1S/C22H18NO2/c1-14-11-19(16-8-10-20-21(12-16)25-13-24-20)23(2)18-9-7-15-5-3-4-6-17(15)22(14)18/h3-12H,13H2,1-2H3/q+1. The molecule has 2 heterocycles. The molecule has 0 bridgehead atoms. The van der Waals surface area contributed by atoms with Crippen LogP contribution in [0.4, 0.5) is 0 Å². The summed E-state index contributed by atoms with van der Waals surface area (Å²) in [4.78, 5) is 0. The van der Waals surface area contributed by atoms with E-state index in [9.17, 15) is 0 Å². The molecule has 3 aromatic carbocycles. The Bertz CT molecular complexity index is 1150. The predicted octanol–water partition coefficient (Wildman–Crippen LogP) is 4.52. The average molecular weight is 328 g/mol. The second-order valence-electron chi connectivity index (χ2n) is 6.52. The lowest BCUT2D eigenvalue weighted by atomic mass is 9.99. The van der Waals surface area contributed by atoms with Crippen LogP contribution in [0.2, 0.25) is 0 Å². The molecule has 0 unspecified atom stereocenters. The zero-order chi connectivity index (χ0) is 17.0. The fraction of sp³-hybridized carbons (Fsp3) is 0.136. The van der Waals surface area contributed by atoms with Crippen molar-refractivity contribution in [2.45, 2.75) is 6.92 Å². The highest BCUT2D eigenvalue weighted by atomic mass is 16.7. The monoisotopic (exact) mass is 328 g/mol. The number of pyridine rings is 1. The number of benzene rings is 3. The van der Waals surface area contributed by atoms with Gasteiger partial charge >= 0.3 is 0 Å². The van der Waals surface area contributed by atoms with Crippen molar-refractivity contribution in [1.82, 2.24) is 0 Å². The van der Waals surface area contributed by atoms with Gasteiger partial charge in [0.2, 0.25) is 18.0 Å². The minimum atomic E-state index is 0.299. The van der Waals surface area contributed by atoms with Gasteiger partial charge in [-0.2, -0.15) is 4.57 Å². The maximum absolute atomic E-state index is 5.54. The second kappa shape index (κ2) is 5.21. The lowest BCUT2D eigenvalue weighted by molar-refractivity contribution is -0.633. The van der Waals surface area contributed by atoms with Crippen LogP contribution in [0.15, 0.2) is 60.7 Å². The molecule has 0 amide bonds. The molecule has 4 aromatic rings. The molecule has 0 spiro atoms. The van der Waals surface area contributed by atoms with Gasteiger partial charge in [-0.15, -0.1) is 0 Å². The Morgan fingerprint density at radius 1 is 0.880 bits per heavy atom. The van der Waals surface area contributed by atoms with E-state index in [1.54, 1.807) is 0 Å². The SMILES string of the molecule is Cc1cc(-c2ccc3c(c2)OCO3)[n+](C)c2ccc3ccccc3c12. The van der Waals surface area contributed by atoms with Crippen LogP contribution in [-0.4, -0.2) is 6.79 Å². The fourth-order valence-electron chi connectivity index (χ4n) is 3.79. The average Bonchev–Trinajstić information content (AvgIpc) is 3.11. The van der Waals surface area contributed by atoms with Gasteiger partial charge < -0.3 is 9.47 Å². The van der Waals surface area contributed by atoms with Crippen molar-refractivity contribution in [1.29, 1.82) is 0 Å². The van der Waals surface area contributed by atoms with E-state index >= 15 is 0 Å². The van der Waals surface area contributed by atoms with Crippen LogP contribution in [0.25, 0.3) is 32.9 Å². The summed E-state index contributed by atoms with van der Waals surface area (Å²) in [5, 5.41) is 3.88. The third kappa shape index (κ3) is 2.09. The van der Waals surface area contributed by atoms with Gasteiger partial charge in [0.25, 0.3) is 0 Å². The number of fused-ring (bicyclic) bond motifs is 4. The molecule has 0 atom stereocenters. The van der Waals surface area contributed by atoms with Crippen molar-refractivity contribution in [3.8, 4) is 22.8 Å². The molecule has 1 aliphatic rings. The van der Waals surface area contributed by atoms with Crippen molar-refractivity contribution in [3.05, 3.63) is 66.2 Å². The molecule has 1 aromatic heterocycles. The Balaban J connectivity index is 1.81. The third-order valence-corrected chi connectivity index (χ3v) is 5.05. The zero-order valence-corrected chi connectivity index (χ0v) is 14.2. The maximum Gasteiger partial charge on any atom is 0.231 e. The highest BCUT2D eigenvalue weighted by molar-refractivity contribution is 6.07. The van der Waals surface area contributed by atoms with E-state index < -0.39 is 0 Å². The Morgan fingerprint density at radius 3 is 2.64 bits per heavy atom. The van der Waals surface area contributed by atoms with Crippen molar-refractivity contribution in [2.24, 2.45) is 7.05 Å². The summed E-state index contributed by atoms with van der Waals surface area (Å²) in [5.74, 6) is 1.63. The smallest absolute Gasteiger partial charge is 0.231 e. The quantitative estimate of drug-likeness (QED) is 0.378. The molecule has 0 aliphatic carbocycles. The summed E-state index contributed by atoms with van der Waals surface area (Å²) in [6, 6.07) is 21.4. The molecule has 0 fully saturated rings. The van der Waals surface area contributed by atoms with Crippen molar-refractivity contribution < 1.29 is 14.0 Å². The van der Waals surface area contributed by atoms with Crippen LogP contribution in [0.3, 0.4) is 0 Å². The first-order valence-electron chi connectivity index (χ1n) is 8.43. The molecule has 3 heteroatoms. The first kappa shape index (κ1) is 14.3. The van der Waals surface area contributed by atoms with E-state index in [1.807, 2.05) is 6.07 Å². The van der Waals surface area contributed by atoms with Gasteiger partial charge in [0.15, 0.2) is 11.5 Å². The fourth-order valence-corrected chi connectivity index (χ4v) is 3.79. The number of aromatic nitrogens is 1. The van der Waals surface area contributed by atoms with Crippen molar-refractivity contribution in [3.63, 3.8) is 0 Å². The van der Waals surface area contributed by atoms with Gasteiger partial charge in [-0.3, -0.25) is 0 Å². The third-order valence-electron chi connectivity index (χ3n) is 5.05. The normalized spacial score (nSPS) is 12.9. The van der Waals surface area contributed by atoms with E-state index in [2.05, 4.69) is 73.1 Å². The second-order valence-corrected chi connectivity index (χ2v) is 6.52. The zero-order valence-electron chi connectivity index (χ0n) is 14.2. The molecule has 0 radical (unpaired) electrons. The van der Waals surface area contributed by atoms with Crippen LogP contribution in [-0.2, 0) is 7.05 Å². The van der Waals surface area contributed by atoms with Gasteiger partial charge in [0.05, 0.1) is 10.9 Å². The van der Waals surface area contributed by atoms with Crippen molar-refractivity contribution in [2.75, 3.05) is 6.79 Å². The molecule has 0 N–H and O–H groups in total. The highest BCUT2D eigenvalue weighted by Gasteiger charge is 2.21. The first-order chi connectivity index (χ1) is 12.2. The molecular weight excluding hydrogens is 310 g/mol. The van der Waals surface area contributed by atoms with Gasteiger partial charge in [0.1, 0.15) is 7.05 Å². The predicted molar refractivity (Wildman–Crippen MR) is 98.9 cm³/mol. The molecule has 122 valence electrons. The van der Waals surface area contributed by atoms with Crippen LogP contribution >= 0.6 is 0 Å². The minimum Gasteiger partial charge on any atom is -0.454 e. The van der Waals surface area contributed by atoms with E-state index in [0.717, 1.165) is 17.1 Å². The molecule has 5 rings (SSSR count). The molecule has 0 saturated carbocycles. The molecule has 0 saturated heterocycles. The summed E-state index contributed by atoms with van der Waals surface area (Å²) in [5.41, 5.74) is 4.80. The van der Waals surface area contributed by atoms with E-state index in [-0.39, 0.29) is 0 Å². The van der Waals surface area contributed by atoms with Crippen LogP contribution in [0.1, 0.15) is 5.56 Å². The Kier molecular flexibility index (Phi) is 2.98. The topological polar surface area (TPSA) is 22.3 Å². The number of hydrogen-bond acceptors (Lipinski definition) is 2. The summed E-state index contributed by atoms with van der Waals surface area (Å²) in [6.45, 7) is 2.49. The maximum atomic E-state index is 5.54. The number of aryl methyl sites for hydroxylation is 2. The number of nitrogens with zero attached hydrogens (tertiary/aromatic N) is 1. The van der Waals surface area contributed by atoms with E-state index in [4.69, 9.17) is 9.47 Å². The van der Waals surface area contributed by atoms with Crippen LogP contribution in [0, 0.1) is 6.92 Å². The Labute approximate surface area is 146 Å². The van der Waals surface area contributed by atoms with E-state index in [0.29, 0.717) is 6.79 Å². The largest absolute Gasteiger partial charge is 0.454 e. The molecular formula is C22H18NO2+. The summed E-state index contributed by atoms with van der Waals surface area (Å²) >= 11 is 0. The number of rotatable bonds is 1. The van der Waals surface area contributed by atoms with Gasteiger partial charge in [-0.1, -0.05) is 24.3 Å². The van der Waals surface area contributed by atoms with E-state index in [1.165, 1.54) is 32.9 Å². The molecule has 25 heavy (non-hydrogen) atoms. The minimum absolute atomic E-state index is 0.299. The van der Waals surface area contributed by atoms with Crippen LogP contribution in [0.5, 0.6) is 11.5 Å². The van der Waals surface area contributed by atoms with Crippen LogP contribution < -0.4 is 14.0 Å². The lowest BCUT2D eigenvalue weighted by Gasteiger charge is -2.09. The molecule has 3 nitrogen and oxygen atoms in total. The number of ether oxygens (including phenoxy) is 2. The Hall–Kier alpha value is -3.07. The summed E-state index contributed by atoms with van der Waals surface area (Å²) < 4.78 is 13.2. The van der Waals surface area contributed by atoms with Gasteiger partial charge in [-0.05, 0) is 47.5 Å². The summed E-state index contributed by atoms with van der Waals surface area (Å²) in [7, 11) is 2.12. The van der Waals surface area contributed by atoms with Crippen molar-refractivity contribution >= 4 is 21.7 Å². The molecule has 1 aliphatic heterocycles. The summed E-state index contributed by atoms with van der Waals surface area (Å²) in [6.07, 6.45) is 0. The highest BCUT2D eigenvalue weighted by Crippen LogP contribution is 2.36. The van der Waals surface area contributed by atoms with Gasteiger partial charge in [0, 0.05) is 12.1 Å². The lowest BCUT2D eigenvalue weighted by Crippen LogP contribution is -2.32. The van der Waals surface area contributed by atoms with Gasteiger partial charge in [-0.25, -0.2) is 0 Å². The Morgan fingerprint density at radius 2 is 1.72 bits per heavy atom. The first-order valence-corrected chi connectivity index (χ1v) is 8.43. The number of hydrogen-bond donors (Lipinski definition) is 0.